The Bertz CT molecular complexity index is 241. The Balaban J connectivity index is 2.13. The van der Waals surface area contributed by atoms with E-state index in [1.807, 2.05) is 0 Å². The Morgan fingerprint density at radius 3 is 2.69 bits per heavy atom. The van der Waals surface area contributed by atoms with E-state index in [-0.39, 0.29) is 12.7 Å². The van der Waals surface area contributed by atoms with Gasteiger partial charge in [0.2, 0.25) is 0 Å². The molecule has 1 aliphatic carbocycles. The SMILES string of the molecule is CC(C)[C@@H]1CC[C@@H](C)C[C@]12OC[C@@H](CO)O2. The molecule has 94 valence electrons. The minimum atomic E-state index is -0.404. The van der Waals surface area contributed by atoms with Crippen molar-refractivity contribution in [2.24, 2.45) is 17.8 Å². The van der Waals surface area contributed by atoms with Crippen LogP contribution in [0.15, 0.2) is 0 Å². The van der Waals surface area contributed by atoms with Gasteiger partial charge in [-0.1, -0.05) is 27.2 Å². The number of hydrogen-bond donors (Lipinski definition) is 1. The Morgan fingerprint density at radius 2 is 2.12 bits per heavy atom. The normalized spacial score (nSPS) is 44.4. The molecule has 1 saturated carbocycles. The fraction of sp³-hybridized carbons (Fsp3) is 1.00. The molecule has 0 bridgehead atoms. The minimum Gasteiger partial charge on any atom is -0.394 e. The standard InChI is InChI=1S/C13H24O3/c1-9(2)12-5-4-10(3)6-13(12)15-8-11(7-14)16-13/h9-12,14H,4-8H2,1-3H3/t10-,11-,12+,13-/m1/s1. The third-order valence-electron chi connectivity index (χ3n) is 4.06. The first-order valence-corrected chi connectivity index (χ1v) is 6.50. The Kier molecular flexibility index (Phi) is 3.57. The molecule has 0 aromatic rings. The Hall–Kier alpha value is -0.120. The Morgan fingerprint density at radius 1 is 1.38 bits per heavy atom. The summed E-state index contributed by atoms with van der Waals surface area (Å²) in [6.45, 7) is 7.35. The molecule has 1 heterocycles. The summed E-state index contributed by atoms with van der Waals surface area (Å²) in [6, 6.07) is 0. The van der Waals surface area contributed by atoms with Crippen molar-refractivity contribution >= 4 is 0 Å². The lowest BCUT2D eigenvalue weighted by Gasteiger charge is -2.44. The maximum Gasteiger partial charge on any atom is 0.172 e. The van der Waals surface area contributed by atoms with E-state index in [2.05, 4.69) is 20.8 Å². The molecule has 1 saturated heterocycles. The van der Waals surface area contributed by atoms with E-state index in [0.717, 1.165) is 6.42 Å². The van der Waals surface area contributed by atoms with Crippen LogP contribution in [0.2, 0.25) is 0 Å². The van der Waals surface area contributed by atoms with Crippen molar-refractivity contribution < 1.29 is 14.6 Å². The van der Waals surface area contributed by atoms with E-state index < -0.39 is 5.79 Å². The van der Waals surface area contributed by atoms with Gasteiger partial charge in [0.05, 0.1) is 13.2 Å². The van der Waals surface area contributed by atoms with Crippen LogP contribution in [0.3, 0.4) is 0 Å². The quantitative estimate of drug-likeness (QED) is 0.787. The molecule has 3 heteroatoms. The second-order valence-corrected chi connectivity index (χ2v) is 5.78. The second kappa shape index (κ2) is 4.63. The second-order valence-electron chi connectivity index (χ2n) is 5.78. The van der Waals surface area contributed by atoms with Crippen molar-refractivity contribution in [2.75, 3.05) is 13.2 Å². The number of hydrogen-bond acceptors (Lipinski definition) is 3. The van der Waals surface area contributed by atoms with Gasteiger partial charge < -0.3 is 14.6 Å². The molecule has 0 radical (unpaired) electrons. The molecule has 3 nitrogen and oxygen atoms in total. The summed E-state index contributed by atoms with van der Waals surface area (Å²) in [5.74, 6) is 1.30. The van der Waals surface area contributed by atoms with Crippen LogP contribution in [0.25, 0.3) is 0 Å². The van der Waals surface area contributed by atoms with Crippen LogP contribution < -0.4 is 0 Å². The zero-order valence-corrected chi connectivity index (χ0v) is 10.6. The minimum absolute atomic E-state index is 0.0704. The van der Waals surface area contributed by atoms with Crippen LogP contribution in [0.4, 0.5) is 0 Å². The summed E-state index contributed by atoms with van der Waals surface area (Å²) >= 11 is 0. The van der Waals surface area contributed by atoms with E-state index in [0.29, 0.717) is 24.4 Å². The third kappa shape index (κ3) is 2.13. The summed E-state index contributed by atoms with van der Waals surface area (Å²) in [4.78, 5) is 0. The highest BCUT2D eigenvalue weighted by Crippen LogP contribution is 2.47. The molecule has 2 aliphatic rings. The highest BCUT2D eigenvalue weighted by molar-refractivity contribution is 4.92. The number of aliphatic hydroxyl groups excluding tert-OH is 1. The van der Waals surface area contributed by atoms with E-state index in [1.165, 1.54) is 12.8 Å². The van der Waals surface area contributed by atoms with Crippen molar-refractivity contribution in [1.82, 2.24) is 0 Å². The largest absolute Gasteiger partial charge is 0.394 e. The van der Waals surface area contributed by atoms with Gasteiger partial charge >= 0.3 is 0 Å². The van der Waals surface area contributed by atoms with E-state index in [4.69, 9.17) is 14.6 Å². The van der Waals surface area contributed by atoms with Crippen molar-refractivity contribution in [3.8, 4) is 0 Å². The van der Waals surface area contributed by atoms with Crippen LogP contribution in [0, 0.1) is 17.8 Å². The molecule has 0 amide bonds. The number of aliphatic hydroxyl groups is 1. The summed E-state index contributed by atoms with van der Waals surface area (Å²) in [6.07, 6.45) is 3.30. The number of rotatable bonds is 2. The zero-order valence-electron chi connectivity index (χ0n) is 10.6. The lowest BCUT2D eigenvalue weighted by molar-refractivity contribution is -0.240. The predicted molar refractivity (Wildman–Crippen MR) is 62.0 cm³/mol. The molecule has 1 spiro atoms. The zero-order chi connectivity index (χ0) is 11.8. The van der Waals surface area contributed by atoms with Crippen LogP contribution >= 0.6 is 0 Å². The average molecular weight is 228 g/mol. The van der Waals surface area contributed by atoms with Gasteiger partial charge in [-0.15, -0.1) is 0 Å². The molecule has 4 atom stereocenters. The van der Waals surface area contributed by atoms with Crippen molar-refractivity contribution in [3.63, 3.8) is 0 Å². The maximum absolute atomic E-state index is 9.17. The lowest BCUT2D eigenvalue weighted by atomic mass is 9.73. The predicted octanol–water partition coefficient (Wildman–Crippen LogP) is 2.18. The summed E-state index contributed by atoms with van der Waals surface area (Å²) in [5.41, 5.74) is 0. The van der Waals surface area contributed by atoms with Gasteiger partial charge in [-0.05, 0) is 18.3 Å². The smallest absolute Gasteiger partial charge is 0.172 e. The molecular formula is C13H24O3. The molecule has 1 aliphatic heterocycles. The van der Waals surface area contributed by atoms with Crippen LogP contribution in [-0.4, -0.2) is 30.2 Å². The summed E-state index contributed by atoms with van der Waals surface area (Å²) in [5, 5.41) is 9.17. The first-order chi connectivity index (χ1) is 7.57. The third-order valence-corrected chi connectivity index (χ3v) is 4.06. The van der Waals surface area contributed by atoms with Gasteiger partial charge in [0.15, 0.2) is 5.79 Å². The molecule has 1 N–H and O–H groups in total. The van der Waals surface area contributed by atoms with Crippen molar-refractivity contribution in [3.05, 3.63) is 0 Å². The Labute approximate surface area is 98.1 Å². The summed E-state index contributed by atoms with van der Waals surface area (Å²) < 4.78 is 12.0. The first-order valence-electron chi connectivity index (χ1n) is 6.50. The lowest BCUT2D eigenvalue weighted by Crippen LogP contribution is -2.47. The molecule has 2 fully saturated rings. The van der Waals surface area contributed by atoms with Crippen LogP contribution in [-0.2, 0) is 9.47 Å². The van der Waals surface area contributed by atoms with Crippen molar-refractivity contribution in [2.45, 2.75) is 51.9 Å². The fourth-order valence-electron chi connectivity index (χ4n) is 3.24. The monoisotopic (exact) mass is 228 g/mol. The van der Waals surface area contributed by atoms with Crippen LogP contribution in [0.1, 0.15) is 40.0 Å². The van der Waals surface area contributed by atoms with E-state index in [9.17, 15) is 0 Å². The van der Waals surface area contributed by atoms with Gasteiger partial charge in [-0.3, -0.25) is 0 Å². The fourth-order valence-corrected chi connectivity index (χ4v) is 3.24. The van der Waals surface area contributed by atoms with Gasteiger partial charge in [0, 0.05) is 12.3 Å². The van der Waals surface area contributed by atoms with E-state index >= 15 is 0 Å². The molecule has 0 unspecified atom stereocenters. The van der Waals surface area contributed by atoms with E-state index in [1.54, 1.807) is 0 Å². The van der Waals surface area contributed by atoms with Crippen molar-refractivity contribution in [1.29, 1.82) is 0 Å². The first kappa shape index (κ1) is 12.3. The maximum atomic E-state index is 9.17. The highest BCUT2D eigenvalue weighted by Gasteiger charge is 2.51. The topological polar surface area (TPSA) is 38.7 Å². The van der Waals surface area contributed by atoms with Gasteiger partial charge in [-0.25, -0.2) is 0 Å². The molecule has 16 heavy (non-hydrogen) atoms. The van der Waals surface area contributed by atoms with Gasteiger partial charge in [-0.2, -0.15) is 0 Å². The van der Waals surface area contributed by atoms with Gasteiger partial charge in [0.25, 0.3) is 0 Å². The molecule has 0 aromatic heterocycles. The molecular weight excluding hydrogens is 204 g/mol. The molecule has 2 rings (SSSR count). The highest BCUT2D eigenvalue weighted by atomic mass is 16.7. The molecule has 0 aromatic carbocycles. The number of ether oxygens (including phenoxy) is 2. The average Bonchev–Trinajstić information content (AvgIpc) is 2.61. The summed E-state index contributed by atoms with van der Waals surface area (Å²) in [7, 11) is 0. The van der Waals surface area contributed by atoms with Gasteiger partial charge in [0.1, 0.15) is 6.10 Å². The van der Waals surface area contributed by atoms with Crippen LogP contribution in [0.5, 0.6) is 0 Å².